The first kappa shape index (κ1) is 14.8. The minimum atomic E-state index is -4.77. The van der Waals surface area contributed by atoms with Gasteiger partial charge in [-0.25, -0.2) is 4.98 Å². The Morgan fingerprint density at radius 3 is 2.70 bits per heavy atom. The molecule has 0 saturated heterocycles. The Balaban J connectivity index is 2.11. The van der Waals surface area contributed by atoms with Crippen molar-refractivity contribution in [2.75, 3.05) is 5.32 Å². The molecule has 20 heavy (non-hydrogen) atoms. The van der Waals surface area contributed by atoms with Crippen LogP contribution in [0.2, 0.25) is 0 Å². The normalized spacial score (nSPS) is 11.2. The Labute approximate surface area is 123 Å². The molecular weight excluding hydrogens is 361 g/mol. The topological polar surface area (TPSA) is 51.2 Å². The number of ether oxygens (including phenoxy) is 1. The van der Waals surface area contributed by atoms with Crippen molar-refractivity contribution in [1.82, 2.24) is 4.98 Å². The highest BCUT2D eigenvalue weighted by atomic mass is 79.9. The van der Waals surface area contributed by atoms with Crippen LogP contribution in [0.25, 0.3) is 0 Å². The van der Waals surface area contributed by atoms with Crippen LogP contribution in [0.3, 0.4) is 0 Å². The van der Waals surface area contributed by atoms with Crippen molar-refractivity contribution >= 4 is 38.9 Å². The molecule has 0 aliphatic rings. The standard InChI is InChI=1S/C11H6BrF3N2O2S/c12-7-3-6(1-2-9(7)19-11(13,14)15)17-10(18)8-4-20-5-16-8/h1-5H,(H,17,18). The predicted molar refractivity (Wildman–Crippen MR) is 70.9 cm³/mol. The molecule has 4 nitrogen and oxygen atoms in total. The van der Waals surface area contributed by atoms with Gasteiger partial charge in [0.15, 0.2) is 0 Å². The summed E-state index contributed by atoms with van der Waals surface area (Å²) in [5.74, 6) is -0.827. The average molecular weight is 367 g/mol. The molecule has 1 aromatic carbocycles. The molecule has 0 spiro atoms. The fourth-order valence-electron chi connectivity index (χ4n) is 1.31. The van der Waals surface area contributed by atoms with E-state index < -0.39 is 12.3 Å². The van der Waals surface area contributed by atoms with Crippen LogP contribution in [0, 0.1) is 0 Å². The minimum absolute atomic E-state index is 0.0749. The highest BCUT2D eigenvalue weighted by molar-refractivity contribution is 9.10. The smallest absolute Gasteiger partial charge is 0.405 e. The van der Waals surface area contributed by atoms with E-state index in [1.165, 1.54) is 29.0 Å². The van der Waals surface area contributed by atoms with Gasteiger partial charge in [0, 0.05) is 11.1 Å². The lowest BCUT2D eigenvalue weighted by atomic mass is 10.3. The second-order valence-corrected chi connectivity index (χ2v) is 5.09. The van der Waals surface area contributed by atoms with Crippen LogP contribution in [0.1, 0.15) is 10.5 Å². The number of benzene rings is 1. The predicted octanol–water partition coefficient (Wildman–Crippen LogP) is 4.06. The van der Waals surface area contributed by atoms with Gasteiger partial charge in [0.25, 0.3) is 5.91 Å². The number of carbonyl (C=O) groups excluding carboxylic acids is 1. The Morgan fingerprint density at radius 2 is 2.15 bits per heavy atom. The van der Waals surface area contributed by atoms with Crippen LogP contribution >= 0.6 is 27.3 Å². The minimum Gasteiger partial charge on any atom is -0.405 e. The molecule has 0 aliphatic carbocycles. The van der Waals surface area contributed by atoms with Gasteiger partial charge in [-0.2, -0.15) is 0 Å². The van der Waals surface area contributed by atoms with Gasteiger partial charge in [0.1, 0.15) is 11.4 Å². The first-order valence-electron chi connectivity index (χ1n) is 5.10. The van der Waals surface area contributed by atoms with E-state index in [1.807, 2.05) is 0 Å². The van der Waals surface area contributed by atoms with Gasteiger partial charge >= 0.3 is 6.36 Å². The summed E-state index contributed by atoms with van der Waals surface area (Å²) in [6.45, 7) is 0. The van der Waals surface area contributed by atoms with Gasteiger partial charge in [-0.05, 0) is 34.1 Å². The summed E-state index contributed by atoms with van der Waals surface area (Å²) in [4.78, 5) is 15.5. The maximum Gasteiger partial charge on any atom is 0.573 e. The summed E-state index contributed by atoms with van der Waals surface area (Å²) >= 11 is 4.21. The maximum absolute atomic E-state index is 12.1. The van der Waals surface area contributed by atoms with Crippen molar-refractivity contribution in [3.63, 3.8) is 0 Å². The van der Waals surface area contributed by atoms with E-state index in [4.69, 9.17) is 0 Å². The van der Waals surface area contributed by atoms with Crippen molar-refractivity contribution in [1.29, 1.82) is 0 Å². The number of nitrogens with zero attached hydrogens (tertiary/aromatic N) is 1. The molecule has 106 valence electrons. The van der Waals surface area contributed by atoms with Crippen LogP contribution in [-0.2, 0) is 0 Å². The zero-order valence-corrected chi connectivity index (χ0v) is 12.0. The van der Waals surface area contributed by atoms with E-state index in [-0.39, 0.29) is 15.9 Å². The monoisotopic (exact) mass is 366 g/mol. The van der Waals surface area contributed by atoms with Gasteiger partial charge in [0.05, 0.1) is 9.98 Å². The largest absolute Gasteiger partial charge is 0.573 e. The molecule has 2 rings (SSSR count). The number of halogens is 4. The number of nitrogens with one attached hydrogen (secondary N) is 1. The molecule has 0 aliphatic heterocycles. The maximum atomic E-state index is 12.1. The third-order valence-electron chi connectivity index (χ3n) is 2.08. The Bertz CT molecular complexity index is 617. The second-order valence-electron chi connectivity index (χ2n) is 3.52. The summed E-state index contributed by atoms with van der Waals surface area (Å²) in [6, 6.07) is 3.72. The quantitative estimate of drug-likeness (QED) is 0.891. The fraction of sp³-hybridized carbons (Fsp3) is 0.0909. The average Bonchev–Trinajstić information content (AvgIpc) is 2.85. The lowest BCUT2D eigenvalue weighted by Crippen LogP contribution is -2.17. The van der Waals surface area contributed by atoms with Crippen LogP contribution in [0.15, 0.2) is 33.6 Å². The molecule has 0 saturated carbocycles. The number of anilines is 1. The third kappa shape index (κ3) is 3.94. The highest BCUT2D eigenvalue weighted by Crippen LogP contribution is 2.32. The lowest BCUT2D eigenvalue weighted by Gasteiger charge is -2.11. The summed E-state index contributed by atoms with van der Waals surface area (Å²) in [5, 5.41) is 4.07. The fourth-order valence-corrected chi connectivity index (χ4v) is 2.30. The van der Waals surface area contributed by atoms with Crippen molar-refractivity contribution in [2.24, 2.45) is 0 Å². The Morgan fingerprint density at radius 1 is 1.40 bits per heavy atom. The zero-order valence-electron chi connectivity index (χ0n) is 9.57. The molecule has 1 amide bonds. The van der Waals surface area contributed by atoms with Gasteiger partial charge in [-0.3, -0.25) is 4.79 Å². The number of hydrogen-bond acceptors (Lipinski definition) is 4. The molecule has 0 unspecified atom stereocenters. The second kappa shape index (κ2) is 5.80. The van der Waals surface area contributed by atoms with Gasteiger partial charge in [0.2, 0.25) is 0 Å². The number of carbonyl (C=O) groups is 1. The molecule has 1 aromatic heterocycles. The zero-order chi connectivity index (χ0) is 14.8. The van der Waals surface area contributed by atoms with Gasteiger partial charge in [-0.15, -0.1) is 24.5 Å². The van der Waals surface area contributed by atoms with E-state index >= 15 is 0 Å². The summed E-state index contributed by atoms with van der Waals surface area (Å²) in [6.07, 6.45) is -4.77. The van der Waals surface area contributed by atoms with Gasteiger partial charge < -0.3 is 10.1 Å². The third-order valence-corrected chi connectivity index (χ3v) is 3.29. The molecule has 2 aromatic rings. The van der Waals surface area contributed by atoms with E-state index in [0.29, 0.717) is 5.69 Å². The molecule has 1 N–H and O–H groups in total. The van der Waals surface area contributed by atoms with E-state index in [9.17, 15) is 18.0 Å². The molecule has 9 heteroatoms. The molecule has 0 bridgehead atoms. The number of aromatic nitrogens is 1. The van der Waals surface area contributed by atoms with E-state index in [1.54, 1.807) is 5.38 Å². The summed E-state index contributed by atoms with van der Waals surface area (Å²) in [5.41, 5.74) is 2.07. The van der Waals surface area contributed by atoms with Crippen molar-refractivity contribution in [3.05, 3.63) is 39.3 Å². The number of hydrogen-bond donors (Lipinski definition) is 1. The van der Waals surface area contributed by atoms with Crippen LogP contribution < -0.4 is 10.1 Å². The molecule has 1 heterocycles. The lowest BCUT2D eigenvalue weighted by molar-refractivity contribution is -0.274. The number of alkyl halides is 3. The van der Waals surface area contributed by atoms with Crippen molar-refractivity contribution < 1.29 is 22.7 Å². The van der Waals surface area contributed by atoms with Crippen molar-refractivity contribution in [3.8, 4) is 5.75 Å². The Kier molecular flexibility index (Phi) is 4.29. The highest BCUT2D eigenvalue weighted by Gasteiger charge is 2.31. The van der Waals surface area contributed by atoms with Gasteiger partial charge in [-0.1, -0.05) is 0 Å². The molecule has 0 atom stereocenters. The number of amides is 1. The first-order valence-corrected chi connectivity index (χ1v) is 6.83. The van der Waals surface area contributed by atoms with Crippen LogP contribution in [0.5, 0.6) is 5.75 Å². The number of thiazole rings is 1. The van der Waals surface area contributed by atoms with E-state index in [0.717, 1.165) is 6.07 Å². The molecule has 0 radical (unpaired) electrons. The summed E-state index contributed by atoms with van der Waals surface area (Å²) in [7, 11) is 0. The van der Waals surface area contributed by atoms with Crippen LogP contribution in [0.4, 0.5) is 18.9 Å². The number of rotatable bonds is 3. The van der Waals surface area contributed by atoms with Crippen molar-refractivity contribution in [2.45, 2.75) is 6.36 Å². The SMILES string of the molecule is O=C(Nc1ccc(OC(F)(F)F)c(Br)c1)c1cscn1. The van der Waals surface area contributed by atoms with E-state index in [2.05, 4.69) is 31.0 Å². The molecular formula is C11H6BrF3N2O2S. The van der Waals surface area contributed by atoms with Crippen LogP contribution in [-0.4, -0.2) is 17.3 Å². The summed E-state index contributed by atoms with van der Waals surface area (Å²) < 4.78 is 40.2. The Hall–Kier alpha value is -1.61. The molecule has 0 fully saturated rings. The first-order chi connectivity index (χ1) is 9.35.